The highest BCUT2D eigenvalue weighted by Gasteiger charge is 2.07. The lowest BCUT2D eigenvalue weighted by Crippen LogP contribution is -2.23. The lowest BCUT2D eigenvalue weighted by Gasteiger charge is -2.20. The Labute approximate surface area is 102 Å². The van der Waals surface area contributed by atoms with Gasteiger partial charge in [0.2, 0.25) is 0 Å². The highest BCUT2D eigenvalue weighted by molar-refractivity contribution is 5.89. The number of halogens is 1. The molecule has 0 saturated carbocycles. The first-order valence-electron chi connectivity index (χ1n) is 5.31. The molecule has 0 N–H and O–H groups in total. The van der Waals surface area contributed by atoms with Crippen molar-refractivity contribution in [1.29, 1.82) is 0 Å². The summed E-state index contributed by atoms with van der Waals surface area (Å²) in [7, 11) is 0. The van der Waals surface area contributed by atoms with Gasteiger partial charge < -0.3 is 4.90 Å². The zero-order valence-corrected chi connectivity index (χ0v) is 10.4. The Balaban J connectivity index is 0.00000128. The summed E-state index contributed by atoms with van der Waals surface area (Å²) in [6.45, 7) is 6.22. The van der Waals surface area contributed by atoms with Crippen LogP contribution in [0.2, 0.25) is 0 Å². The molecule has 3 nitrogen and oxygen atoms in total. The molecule has 4 heteroatoms. The van der Waals surface area contributed by atoms with E-state index >= 15 is 0 Å². The highest BCUT2D eigenvalue weighted by Crippen LogP contribution is 2.21. The Kier molecular flexibility index (Phi) is 4.50. The van der Waals surface area contributed by atoms with Gasteiger partial charge in [-0.1, -0.05) is 12.1 Å². The van der Waals surface area contributed by atoms with Crippen molar-refractivity contribution in [2.45, 2.75) is 13.8 Å². The second-order valence-corrected chi connectivity index (χ2v) is 3.39. The van der Waals surface area contributed by atoms with Crippen LogP contribution in [0.4, 0.5) is 5.82 Å². The second kappa shape index (κ2) is 5.66. The number of fused-ring (bicyclic) bond motifs is 1. The molecule has 1 aromatic heterocycles. The predicted molar refractivity (Wildman–Crippen MR) is 70.3 cm³/mol. The quantitative estimate of drug-likeness (QED) is 0.822. The molecular formula is C12H16ClN3. The molecule has 0 unspecified atom stereocenters. The smallest absolute Gasteiger partial charge is 0.139 e. The molecule has 0 aliphatic heterocycles. The molecular weight excluding hydrogens is 222 g/mol. The lowest BCUT2D eigenvalue weighted by atomic mass is 10.2. The average molecular weight is 238 g/mol. The standard InChI is InChI=1S/C12H15N3.ClH/c1-3-15(4-2)12-10-7-5-6-8-11(10)13-9-14-12;/h5-9H,3-4H2,1-2H3;1H. The predicted octanol–water partition coefficient (Wildman–Crippen LogP) is 2.90. The third kappa shape index (κ3) is 2.25. The van der Waals surface area contributed by atoms with Crippen molar-refractivity contribution in [3.8, 4) is 0 Å². The van der Waals surface area contributed by atoms with E-state index in [1.165, 1.54) is 0 Å². The molecule has 0 aliphatic rings. The SMILES string of the molecule is CCN(CC)c1ncnc2ccccc12.Cl. The fraction of sp³-hybridized carbons (Fsp3) is 0.333. The van der Waals surface area contributed by atoms with Gasteiger partial charge in [-0.15, -0.1) is 12.4 Å². The summed E-state index contributed by atoms with van der Waals surface area (Å²) in [6.07, 6.45) is 1.63. The van der Waals surface area contributed by atoms with E-state index in [9.17, 15) is 0 Å². The van der Waals surface area contributed by atoms with Crippen molar-refractivity contribution in [1.82, 2.24) is 9.97 Å². The fourth-order valence-electron chi connectivity index (χ4n) is 1.77. The molecule has 1 heterocycles. The Morgan fingerprint density at radius 1 is 1.06 bits per heavy atom. The largest absolute Gasteiger partial charge is 0.357 e. The minimum Gasteiger partial charge on any atom is -0.357 e. The normalized spacial score (nSPS) is 9.88. The zero-order chi connectivity index (χ0) is 10.7. The number of anilines is 1. The first kappa shape index (κ1) is 12.7. The highest BCUT2D eigenvalue weighted by atomic mass is 35.5. The number of hydrogen-bond acceptors (Lipinski definition) is 3. The van der Waals surface area contributed by atoms with E-state index in [0.717, 1.165) is 29.8 Å². The Morgan fingerprint density at radius 3 is 2.44 bits per heavy atom. The van der Waals surface area contributed by atoms with Crippen molar-refractivity contribution >= 4 is 29.1 Å². The van der Waals surface area contributed by atoms with Crippen LogP contribution in [0, 0.1) is 0 Å². The number of rotatable bonds is 3. The Hall–Kier alpha value is -1.35. The van der Waals surface area contributed by atoms with Crippen molar-refractivity contribution in [2.24, 2.45) is 0 Å². The maximum absolute atomic E-state index is 4.36. The summed E-state index contributed by atoms with van der Waals surface area (Å²) in [5.74, 6) is 1.03. The van der Waals surface area contributed by atoms with Gasteiger partial charge in [-0.3, -0.25) is 0 Å². The molecule has 0 bridgehead atoms. The average Bonchev–Trinajstić information content (AvgIpc) is 2.31. The van der Waals surface area contributed by atoms with E-state index in [0.29, 0.717) is 0 Å². The van der Waals surface area contributed by atoms with Crippen molar-refractivity contribution < 1.29 is 0 Å². The van der Waals surface area contributed by atoms with Crippen LogP contribution in [0.15, 0.2) is 30.6 Å². The molecule has 0 radical (unpaired) electrons. The number of hydrogen-bond donors (Lipinski definition) is 0. The maximum Gasteiger partial charge on any atom is 0.139 e. The van der Waals surface area contributed by atoms with Crippen LogP contribution in [0.1, 0.15) is 13.8 Å². The molecule has 0 aliphatic carbocycles. The molecule has 0 amide bonds. The van der Waals surface area contributed by atoms with Gasteiger partial charge in [0.05, 0.1) is 5.52 Å². The van der Waals surface area contributed by atoms with E-state index in [1.54, 1.807) is 6.33 Å². The van der Waals surface area contributed by atoms with Crippen LogP contribution < -0.4 is 4.90 Å². The number of para-hydroxylation sites is 1. The maximum atomic E-state index is 4.36. The summed E-state index contributed by atoms with van der Waals surface area (Å²) in [5.41, 5.74) is 1.01. The van der Waals surface area contributed by atoms with E-state index in [2.05, 4.69) is 34.8 Å². The minimum atomic E-state index is 0. The van der Waals surface area contributed by atoms with Gasteiger partial charge in [-0.25, -0.2) is 9.97 Å². The summed E-state index contributed by atoms with van der Waals surface area (Å²) >= 11 is 0. The molecule has 1 aromatic carbocycles. The van der Waals surface area contributed by atoms with E-state index < -0.39 is 0 Å². The van der Waals surface area contributed by atoms with Gasteiger partial charge >= 0.3 is 0 Å². The first-order chi connectivity index (χ1) is 7.36. The van der Waals surface area contributed by atoms with E-state index in [1.807, 2.05) is 18.2 Å². The van der Waals surface area contributed by atoms with Gasteiger partial charge in [0.15, 0.2) is 0 Å². The topological polar surface area (TPSA) is 29.0 Å². The van der Waals surface area contributed by atoms with Crippen LogP contribution in [-0.2, 0) is 0 Å². The van der Waals surface area contributed by atoms with Crippen LogP contribution in [0.3, 0.4) is 0 Å². The molecule has 16 heavy (non-hydrogen) atoms. The van der Waals surface area contributed by atoms with Gasteiger partial charge in [0, 0.05) is 18.5 Å². The van der Waals surface area contributed by atoms with Gasteiger partial charge in [0.1, 0.15) is 12.1 Å². The number of benzene rings is 1. The second-order valence-electron chi connectivity index (χ2n) is 3.39. The van der Waals surface area contributed by atoms with Crippen molar-refractivity contribution in [2.75, 3.05) is 18.0 Å². The van der Waals surface area contributed by atoms with Crippen molar-refractivity contribution in [3.05, 3.63) is 30.6 Å². The molecule has 0 spiro atoms. The van der Waals surface area contributed by atoms with Gasteiger partial charge in [0.25, 0.3) is 0 Å². The number of nitrogens with zero attached hydrogens (tertiary/aromatic N) is 3. The van der Waals surface area contributed by atoms with Gasteiger partial charge in [-0.2, -0.15) is 0 Å². The fourth-order valence-corrected chi connectivity index (χ4v) is 1.77. The molecule has 2 aromatic rings. The summed E-state index contributed by atoms with van der Waals surface area (Å²) in [5, 5.41) is 1.13. The Morgan fingerprint density at radius 2 is 1.75 bits per heavy atom. The molecule has 0 saturated heterocycles. The van der Waals surface area contributed by atoms with Crippen molar-refractivity contribution in [3.63, 3.8) is 0 Å². The van der Waals surface area contributed by atoms with E-state index in [4.69, 9.17) is 0 Å². The monoisotopic (exact) mass is 237 g/mol. The molecule has 0 atom stereocenters. The summed E-state index contributed by atoms with van der Waals surface area (Å²) < 4.78 is 0. The van der Waals surface area contributed by atoms with Crippen LogP contribution in [-0.4, -0.2) is 23.1 Å². The molecule has 86 valence electrons. The van der Waals surface area contributed by atoms with Crippen LogP contribution >= 0.6 is 12.4 Å². The molecule has 0 fully saturated rings. The van der Waals surface area contributed by atoms with E-state index in [-0.39, 0.29) is 12.4 Å². The summed E-state index contributed by atoms with van der Waals surface area (Å²) in [4.78, 5) is 10.9. The number of aromatic nitrogens is 2. The third-order valence-corrected chi connectivity index (χ3v) is 2.58. The van der Waals surface area contributed by atoms with Gasteiger partial charge in [-0.05, 0) is 26.0 Å². The minimum absolute atomic E-state index is 0. The lowest BCUT2D eigenvalue weighted by molar-refractivity contribution is 0.849. The van der Waals surface area contributed by atoms with Crippen LogP contribution in [0.5, 0.6) is 0 Å². The Bertz CT molecular complexity index is 449. The first-order valence-corrected chi connectivity index (χ1v) is 5.31. The zero-order valence-electron chi connectivity index (χ0n) is 9.55. The third-order valence-electron chi connectivity index (χ3n) is 2.58. The molecule has 2 rings (SSSR count). The van der Waals surface area contributed by atoms with Crippen LogP contribution in [0.25, 0.3) is 10.9 Å². The summed E-state index contributed by atoms with van der Waals surface area (Å²) in [6, 6.07) is 8.12.